The summed E-state index contributed by atoms with van der Waals surface area (Å²) in [6, 6.07) is 2.03. The summed E-state index contributed by atoms with van der Waals surface area (Å²) in [5.41, 5.74) is 3.55. The molecule has 0 aromatic carbocycles. The van der Waals surface area contributed by atoms with E-state index in [2.05, 4.69) is 49.8 Å². The number of nitrogens with zero attached hydrogens (tertiary/aromatic N) is 1. The van der Waals surface area contributed by atoms with Crippen molar-refractivity contribution in [3.63, 3.8) is 0 Å². The number of carboxylic acid groups (broad SMARTS) is 1. The van der Waals surface area contributed by atoms with Crippen molar-refractivity contribution >= 4 is 22.9 Å². The number of piperidine rings is 1. The van der Waals surface area contributed by atoms with Gasteiger partial charge in [-0.1, -0.05) is 18.8 Å². The van der Waals surface area contributed by atoms with Crippen LogP contribution in [-0.2, 0) is 0 Å². The highest BCUT2D eigenvalue weighted by molar-refractivity contribution is 7.14. The number of aromatic carboxylic acids is 1. The first-order valence-corrected chi connectivity index (χ1v) is 11.2. The fourth-order valence-electron chi connectivity index (χ4n) is 4.05. The second kappa shape index (κ2) is 8.82. The summed E-state index contributed by atoms with van der Waals surface area (Å²) in [6.45, 7) is 13.5. The molecule has 0 amide bonds. The fourth-order valence-corrected chi connectivity index (χ4v) is 4.93. The van der Waals surface area contributed by atoms with Crippen LogP contribution < -0.4 is 5.32 Å². The molecule has 0 aliphatic carbocycles. The van der Waals surface area contributed by atoms with Crippen LogP contribution >= 0.6 is 11.3 Å². The SMILES string of the molecule is CCN1CCC(c2cc(C#CC(C)(C)C)sc2C(=O)O)=C(C2CCNCC2)C1. The molecular formula is C23H32N2O2S. The van der Waals surface area contributed by atoms with Gasteiger partial charge < -0.3 is 10.4 Å². The minimum atomic E-state index is -0.834. The maximum Gasteiger partial charge on any atom is 0.346 e. The maximum atomic E-state index is 12.0. The number of carbonyl (C=O) groups is 1. The Morgan fingerprint density at radius 2 is 2.07 bits per heavy atom. The molecule has 5 heteroatoms. The van der Waals surface area contributed by atoms with Crippen molar-refractivity contribution in [3.05, 3.63) is 27.0 Å². The third-order valence-electron chi connectivity index (χ3n) is 5.55. The Bertz CT molecular complexity index is 814. The van der Waals surface area contributed by atoms with Crippen molar-refractivity contribution in [2.45, 2.75) is 47.0 Å². The number of likely N-dealkylation sites (N-methyl/N-ethyl adjacent to an activating group) is 1. The highest BCUT2D eigenvalue weighted by Gasteiger charge is 2.29. The number of thiophene rings is 1. The Balaban J connectivity index is 2.06. The van der Waals surface area contributed by atoms with Crippen LogP contribution in [0.1, 0.15) is 67.1 Å². The summed E-state index contributed by atoms with van der Waals surface area (Å²) < 4.78 is 0. The van der Waals surface area contributed by atoms with Gasteiger partial charge in [-0.2, -0.15) is 0 Å². The van der Waals surface area contributed by atoms with Crippen molar-refractivity contribution in [2.75, 3.05) is 32.7 Å². The lowest BCUT2D eigenvalue weighted by Crippen LogP contribution is -2.37. The van der Waals surface area contributed by atoms with Crippen LogP contribution in [0, 0.1) is 23.2 Å². The molecule has 0 saturated carbocycles. The van der Waals surface area contributed by atoms with Gasteiger partial charge in [-0.3, -0.25) is 4.90 Å². The molecule has 2 aliphatic heterocycles. The van der Waals surface area contributed by atoms with E-state index in [4.69, 9.17) is 0 Å². The molecule has 4 nitrogen and oxygen atoms in total. The summed E-state index contributed by atoms with van der Waals surface area (Å²) in [6.07, 6.45) is 3.20. The van der Waals surface area contributed by atoms with E-state index in [1.54, 1.807) is 0 Å². The zero-order valence-corrected chi connectivity index (χ0v) is 18.3. The Morgan fingerprint density at radius 3 is 2.68 bits per heavy atom. The smallest absolute Gasteiger partial charge is 0.346 e. The van der Waals surface area contributed by atoms with Crippen LogP contribution in [0.15, 0.2) is 11.6 Å². The van der Waals surface area contributed by atoms with E-state index in [0.717, 1.165) is 62.4 Å². The van der Waals surface area contributed by atoms with Crippen LogP contribution in [0.3, 0.4) is 0 Å². The Labute approximate surface area is 173 Å². The summed E-state index contributed by atoms with van der Waals surface area (Å²) >= 11 is 1.32. The van der Waals surface area contributed by atoms with Crippen molar-refractivity contribution in [2.24, 2.45) is 11.3 Å². The topological polar surface area (TPSA) is 52.6 Å². The first kappa shape index (κ1) is 21.1. The third kappa shape index (κ3) is 5.05. The van der Waals surface area contributed by atoms with Crippen molar-refractivity contribution in [1.29, 1.82) is 0 Å². The molecule has 0 spiro atoms. The van der Waals surface area contributed by atoms with Gasteiger partial charge in [-0.15, -0.1) is 11.3 Å². The van der Waals surface area contributed by atoms with Crippen LogP contribution in [0.2, 0.25) is 0 Å². The summed E-state index contributed by atoms with van der Waals surface area (Å²) in [5, 5.41) is 13.3. The highest BCUT2D eigenvalue weighted by atomic mass is 32.1. The highest BCUT2D eigenvalue weighted by Crippen LogP contribution is 2.39. The average molecular weight is 401 g/mol. The van der Waals surface area contributed by atoms with E-state index in [9.17, 15) is 9.90 Å². The molecule has 2 aliphatic rings. The third-order valence-corrected chi connectivity index (χ3v) is 6.59. The van der Waals surface area contributed by atoms with Gasteiger partial charge in [0.1, 0.15) is 4.88 Å². The predicted octanol–water partition coefficient (Wildman–Crippen LogP) is 4.32. The van der Waals surface area contributed by atoms with Gasteiger partial charge in [0, 0.05) is 24.1 Å². The zero-order chi connectivity index (χ0) is 20.3. The second-order valence-electron chi connectivity index (χ2n) is 8.81. The predicted molar refractivity (Wildman–Crippen MR) is 117 cm³/mol. The molecule has 1 fully saturated rings. The molecular weight excluding hydrogens is 368 g/mol. The molecule has 1 aromatic rings. The minimum Gasteiger partial charge on any atom is -0.477 e. The van der Waals surface area contributed by atoms with E-state index < -0.39 is 5.97 Å². The molecule has 28 heavy (non-hydrogen) atoms. The lowest BCUT2D eigenvalue weighted by molar-refractivity contribution is 0.0702. The Morgan fingerprint density at radius 1 is 1.36 bits per heavy atom. The van der Waals surface area contributed by atoms with Crippen molar-refractivity contribution in [3.8, 4) is 11.8 Å². The molecule has 0 radical (unpaired) electrons. The van der Waals surface area contributed by atoms with Crippen molar-refractivity contribution in [1.82, 2.24) is 10.2 Å². The molecule has 0 bridgehead atoms. The average Bonchev–Trinajstić information content (AvgIpc) is 3.10. The quantitative estimate of drug-likeness (QED) is 0.739. The Hall–Kier alpha value is -1.61. The minimum absolute atomic E-state index is 0.0977. The standard InChI is InChI=1S/C23H32N2O2S/c1-5-25-13-9-18(20(15-25)16-7-11-24-12-8-16)19-14-17(6-10-23(2,3)4)28-21(19)22(26)27/h14,16,24H,5,7-9,11-13,15H2,1-4H3,(H,26,27). The number of hydrogen-bond donors (Lipinski definition) is 2. The van der Waals surface area contributed by atoms with Gasteiger partial charge in [0.25, 0.3) is 0 Å². The lowest BCUT2D eigenvalue weighted by atomic mass is 9.81. The molecule has 3 rings (SSSR count). The van der Waals surface area contributed by atoms with Crippen LogP contribution in [-0.4, -0.2) is 48.7 Å². The van der Waals surface area contributed by atoms with E-state index in [1.807, 2.05) is 6.07 Å². The van der Waals surface area contributed by atoms with Crippen LogP contribution in [0.5, 0.6) is 0 Å². The molecule has 3 heterocycles. The monoisotopic (exact) mass is 400 g/mol. The summed E-state index contributed by atoms with van der Waals surface area (Å²) in [7, 11) is 0. The van der Waals surface area contributed by atoms with Gasteiger partial charge in [0.15, 0.2) is 0 Å². The number of hydrogen-bond acceptors (Lipinski definition) is 4. The van der Waals surface area contributed by atoms with Gasteiger partial charge in [-0.05, 0) is 82.8 Å². The molecule has 1 saturated heterocycles. The lowest BCUT2D eigenvalue weighted by Gasteiger charge is -2.36. The normalized spacial score (nSPS) is 19.4. The van der Waals surface area contributed by atoms with Gasteiger partial charge in [-0.25, -0.2) is 4.79 Å². The molecule has 0 atom stereocenters. The molecule has 152 valence electrons. The summed E-state index contributed by atoms with van der Waals surface area (Å²) in [5.74, 6) is 6.18. The number of carboxylic acids is 1. The van der Waals surface area contributed by atoms with Gasteiger partial charge in [0.05, 0.1) is 4.88 Å². The zero-order valence-electron chi connectivity index (χ0n) is 17.5. The van der Waals surface area contributed by atoms with E-state index in [-0.39, 0.29) is 5.41 Å². The molecule has 0 unspecified atom stereocenters. The van der Waals surface area contributed by atoms with Gasteiger partial charge >= 0.3 is 5.97 Å². The fraction of sp³-hybridized carbons (Fsp3) is 0.609. The number of rotatable bonds is 4. The second-order valence-corrected chi connectivity index (χ2v) is 9.86. The number of nitrogens with one attached hydrogen (secondary N) is 1. The maximum absolute atomic E-state index is 12.0. The van der Waals surface area contributed by atoms with Gasteiger partial charge in [0.2, 0.25) is 0 Å². The summed E-state index contributed by atoms with van der Waals surface area (Å²) in [4.78, 5) is 15.8. The van der Waals surface area contributed by atoms with Crippen LogP contribution in [0.4, 0.5) is 0 Å². The largest absolute Gasteiger partial charge is 0.477 e. The van der Waals surface area contributed by atoms with Crippen LogP contribution in [0.25, 0.3) is 5.57 Å². The first-order valence-electron chi connectivity index (χ1n) is 10.3. The van der Waals surface area contributed by atoms with E-state index in [0.29, 0.717) is 10.8 Å². The van der Waals surface area contributed by atoms with E-state index >= 15 is 0 Å². The first-order chi connectivity index (χ1) is 13.3. The van der Waals surface area contributed by atoms with Crippen molar-refractivity contribution < 1.29 is 9.90 Å². The molecule has 1 aromatic heterocycles. The Kier molecular flexibility index (Phi) is 6.65. The molecule has 2 N–H and O–H groups in total. The van der Waals surface area contributed by atoms with E-state index in [1.165, 1.54) is 22.5 Å².